The molecule has 9 heteroatoms. The number of aryl methyl sites for hydroxylation is 3. The molecule has 1 aliphatic heterocycles. The molecule has 2 heterocycles. The third-order valence-electron chi connectivity index (χ3n) is 5.14. The van der Waals surface area contributed by atoms with Gasteiger partial charge in [-0.25, -0.2) is 0 Å². The van der Waals surface area contributed by atoms with E-state index in [1.165, 1.54) is 12.1 Å². The van der Waals surface area contributed by atoms with E-state index in [2.05, 4.69) is 26.3 Å². The fourth-order valence-corrected chi connectivity index (χ4v) is 3.57. The van der Waals surface area contributed by atoms with E-state index in [1.807, 2.05) is 18.5 Å². The number of carbonyl (C=O) groups excluding carboxylic acids is 1. The minimum absolute atomic E-state index is 0.0437. The van der Waals surface area contributed by atoms with Crippen LogP contribution in [-0.4, -0.2) is 64.8 Å². The van der Waals surface area contributed by atoms with E-state index in [-0.39, 0.29) is 11.6 Å². The van der Waals surface area contributed by atoms with Crippen molar-refractivity contribution in [3.8, 4) is 0 Å². The van der Waals surface area contributed by atoms with Crippen LogP contribution >= 0.6 is 0 Å². The van der Waals surface area contributed by atoms with Crippen molar-refractivity contribution in [2.75, 3.05) is 44.2 Å². The molecule has 1 aromatic carbocycles. The number of anilines is 1. The Kier molecular flexibility index (Phi) is 6.82. The van der Waals surface area contributed by atoms with Crippen molar-refractivity contribution < 1.29 is 9.72 Å². The maximum atomic E-state index is 12.2. The zero-order valence-corrected chi connectivity index (χ0v) is 17.0. The van der Waals surface area contributed by atoms with Gasteiger partial charge in [0.2, 0.25) is 5.91 Å². The van der Waals surface area contributed by atoms with Gasteiger partial charge in [0.25, 0.3) is 5.69 Å². The number of carbonyl (C=O) groups is 1. The quantitative estimate of drug-likeness (QED) is 0.412. The van der Waals surface area contributed by atoms with Gasteiger partial charge in [-0.2, -0.15) is 5.10 Å². The highest BCUT2D eigenvalue weighted by atomic mass is 16.6. The number of nitro benzene ring substituents is 1. The zero-order chi connectivity index (χ0) is 20.8. The summed E-state index contributed by atoms with van der Waals surface area (Å²) in [6, 6.07) is 8.67. The molecule has 0 radical (unpaired) electrons. The lowest BCUT2D eigenvalue weighted by Gasteiger charge is -2.35. The summed E-state index contributed by atoms with van der Waals surface area (Å²) >= 11 is 0. The van der Waals surface area contributed by atoms with E-state index in [0.717, 1.165) is 56.2 Å². The number of nitrogens with zero attached hydrogens (tertiary/aromatic N) is 5. The van der Waals surface area contributed by atoms with Crippen molar-refractivity contribution in [2.24, 2.45) is 0 Å². The monoisotopic (exact) mass is 400 g/mol. The first kappa shape index (κ1) is 20.8. The van der Waals surface area contributed by atoms with Crippen molar-refractivity contribution in [3.05, 3.63) is 51.8 Å². The Balaban J connectivity index is 1.35. The fraction of sp³-hybridized carbons (Fsp3) is 0.500. The number of non-ortho nitro benzene ring substituents is 1. The molecule has 0 atom stereocenters. The van der Waals surface area contributed by atoms with Gasteiger partial charge in [0.1, 0.15) is 0 Å². The number of hydrogen-bond donors (Lipinski definition) is 1. The van der Waals surface area contributed by atoms with Crippen LogP contribution in [-0.2, 0) is 11.3 Å². The van der Waals surface area contributed by atoms with E-state index < -0.39 is 4.92 Å². The molecule has 3 rings (SSSR count). The average molecular weight is 400 g/mol. The highest BCUT2D eigenvalue weighted by molar-refractivity contribution is 5.78. The summed E-state index contributed by atoms with van der Waals surface area (Å²) in [7, 11) is 0. The van der Waals surface area contributed by atoms with Crippen molar-refractivity contribution in [2.45, 2.75) is 26.8 Å². The van der Waals surface area contributed by atoms with Crippen molar-refractivity contribution in [1.82, 2.24) is 20.0 Å². The Hall–Kier alpha value is -2.94. The van der Waals surface area contributed by atoms with Gasteiger partial charge < -0.3 is 10.2 Å². The largest absolute Gasteiger partial charge is 0.369 e. The van der Waals surface area contributed by atoms with E-state index in [4.69, 9.17) is 0 Å². The van der Waals surface area contributed by atoms with E-state index >= 15 is 0 Å². The van der Waals surface area contributed by atoms with Crippen LogP contribution in [0.3, 0.4) is 0 Å². The standard InChI is InChI=1S/C20H28N6O3/c1-16-14-17(2)25(22-16)9-3-8-21-20(27)15-23-10-12-24(13-11-23)18-4-6-19(7-5-18)26(28)29/h4-7,14H,3,8-13,15H2,1-2H3,(H,21,27). The topological polar surface area (TPSA) is 96.5 Å². The first-order valence-electron chi connectivity index (χ1n) is 9.92. The molecule has 1 saturated heterocycles. The highest BCUT2D eigenvalue weighted by Crippen LogP contribution is 2.20. The molecule has 0 bridgehead atoms. The number of amides is 1. The lowest BCUT2D eigenvalue weighted by Crippen LogP contribution is -2.49. The number of benzene rings is 1. The average Bonchev–Trinajstić information content (AvgIpc) is 3.03. The van der Waals surface area contributed by atoms with Gasteiger partial charge >= 0.3 is 0 Å². The third-order valence-corrected chi connectivity index (χ3v) is 5.14. The van der Waals surface area contributed by atoms with Gasteiger partial charge in [-0.1, -0.05) is 0 Å². The molecule has 1 fully saturated rings. The van der Waals surface area contributed by atoms with Crippen LogP contribution in [0.4, 0.5) is 11.4 Å². The minimum Gasteiger partial charge on any atom is -0.369 e. The molecule has 1 N–H and O–H groups in total. The van der Waals surface area contributed by atoms with Crippen molar-refractivity contribution >= 4 is 17.3 Å². The van der Waals surface area contributed by atoms with Crippen LogP contribution in [0.25, 0.3) is 0 Å². The summed E-state index contributed by atoms with van der Waals surface area (Å²) in [6.45, 7) is 9.02. The third kappa shape index (κ3) is 5.77. The molecule has 1 aromatic heterocycles. The maximum absolute atomic E-state index is 12.2. The van der Waals surface area contributed by atoms with E-state index in [1.54, 1.807) is 12.1 Å². The molecule has 0 spiro atoms. The van der Waals surface area contributed by atoms with Gasteiger partial charge in [0, 0.05) is 62.8 Å². The van der Waals surface area contributed by atoms with Crippen LogP contribution in [0, 0.1) is 24.0 Å². The number of nitrogens with one attached hydrogen (secondary N) is 1. The molecule has 29 heavy (non-hydrogen) atoms. The molecule has 1 amide bonds. The second-order valence-corrected chi connectivity index (χ2v) is 7.39. The van der Waals surface area contributed by atoms with E-state index in [9.17, 15) is 14.9 Å². The van der Waals surface area contributed by atoms with Crippen LogP contribution < -0.4 is 10.2 Å². The fourth-order valence-electron chi connectivity index (χ4n) is 3.57. The Morgan fingerprint density at radius 1 is 1.17 bits per heavy atom. The maximum Gasteiger partial charge on any atom is 0.269 e. The van der Waals surface area contributed by atoms with Gasteiger partial charge in [-0.15, -0.1) is 0 Å². The Morgan fingerprint density at radius 3 is 2.45 bits per heavy atom. The molecule has 9 nitrogen and oxygen atoms in total. The smallest absolute Gasteiger partial charge is 0.269 e. The Bertz CT molecular complexity index is 840. The summed E-state index contributed by atoms with van der Waals surface area (Å²) < 4.78 is 1.97. The second-order valence-electron chi connectivity index (χ2n) is 7.39. The van der Waals surface area contributed by atoms with E-state index in [0.29, 0.717) is 13.1 Å². The first-order chi connectivity index (χ1) is 13.9. The predicted molar refractivity (Wildman–Crippen MR) is 111 cm³/mol. The number of hydrogen-bond acceptors (Lipinski definition) is 6. The lowest BCUT2D eigenvalue weighted by molar-refractivity contribution is -0.384. The molecule has 0 aliphatic carbocycles. The van der Waals surface area contributed by atoms with Crippen LogP contribution in [0.5, 0.6) is 0 Å². The van der Waals surface area contributed by atoms with Crippen molar-refractivity contribution in [1.29, 1.82) is 0 Å². The highest BCUT2D eigenvalue weighted by Gasteiger charge is 2.19. The summed E-state index contributed by atoms with van der Waals surface area (Å²) in [4.78, 5) is 26.9. The summed E-state index contributed by atoms with van der Waals surface area (Å²) in [5, 5.41) is 18.2. The number of aromatic nitrogens is 2. The Labute approximate surface area is 170 Å². The molecule has 2 aromatic rings. The molecule has 0 unspecified atom stereocenters. The minimum atomic E-state index is -0.391. The Morgan fingerprint density at radius 2 is 1.86 bits per heavy atom. The lowest BCUT2D eigenvalue weighted by atomic mass is 10.2. The summed E-state index contributed by atoms with van der Waals surface area (Å²) in [5.41, 5.74) is 3.23. The van der Waals surface area contributed by atoms with Crippen LogP contribution in [0.2, 0.25) is 0 Å². The van der Waals surface area contributed by atoms with Crippen LogP contribution in [0.1, 0.15) is 17.8 Å². The second kappa shape index (κ2) is 9.51. The first-order valence-corrected chi connectivity index (χ1v) is 9.92. The van der Waals surface area contributed by atoms with Gasteiger partial charge in [-0.3, -0.25) is 24.5 Å². The number of piperazine rings is 1. The molecule has 0 saturated carbocycles. The number of rotatable bonds is 8. The normalized spacial score (nSPS) is 14.8. The molecule has 156 valence electrons. The summed E-state index contributed by atoms with van der Waals surface area (Å²) in [6.07, 6.45) is 0.849. The molecule has 1 aliphatic rings. The molecular formula is C20H28N6O3. The number of nitro groups is 1. The summed E-state index contributed by atoms with van der Waals surface area (Å²) in [5.74, 6) is 0.0437. The SMILES string of the molecule is Cc1cc(C)n(CCCNC(=O)CN2CCN(c3ccc([N+](=O)[O-])cc3)CC2)n1. The van der Waals surface area contributed by atoms with Crippen LogP contribution in [0.15, 0.2) is 30.3 Å². The molecular weight excluding hydrogens is 372 g/mol. The van der Waals surface area contributed by atoms with Gasteiger partial charge in [0.05, 0.1) is 17.2 Å². The van der Waals surface area contributed by atoms with Gasteiger partial charge in [-0.05, 0) is 38.5 Å². The van der Waals surface area contributed by atoms with Gasteiger partial charge in [0.15, 0.2) is 0 Å². The predicted octanol–water partition coefficient (Wildman–Crippen LogP) is 1.74. The van der Waals surface area contributed by atoms with Crippen molar-refractivity contribution in [3.63, 3.8) is 0 Å². The zero-order valence-electron chi connectivity index (χ0n) is 17.0.